The van der Waals surface area contributed by atoms with Gasteiger partial charge in [0.2, 0.25) is 0 Å². The first-order valence-electron chi connectivity index (χ1n) is 10.3. The highest BCUT2D eigenvalue weighted by Crippen LogP contribution is 2.15. The number of halogens is 1. The molecule has 0 aliphatic carbocycles. The van der Waals surface area contributed by atoms with E-state index in [1.807, 2.05) is 30.3 Å². The zero-order valence-electron chi connectivity index (χ0n) is 18.7. The Bertz CT molecular complexity index is 941. The van der Waals surface area contributed by atoms with Crippen molar-refractivity contribution in [1.29, 1.82) is 0 Å². The molecule has 0 heterocycles. The molecule has 32 heavy (non-hydrogen) atoms. The van der Waals surface area contributed by atoms with Crippen LogP contribution in [0, 0.1) is 5.82 Å². The average Bonchev–Trinajstić information content (AvgIpc) is 2.73. The van der Waals surface area contributed by atoms with E-state index in [4.69, 9.17) is 9.47 Å². The second kappa shape index (κ2) is 11.4. The zero-order valence-corrected chi connectivity index (χ0v) is 18.7. The van der Waals surface area contributed by atoms with Gasteiger partial charge in [-0.1, -0.05) is 30.3 Å². The van der Waals surface area contributed by atoms with Gasteiger partial charge in [-0.25, -0.2) is 14.0 Å². The first-order valence-corrected chi connectivity index (χ1v) is 10.3. The molecule has 2 aromatic rings. The molecule has 0 radical (unpaired) electrons. The molecule has 0 fully saturated rings. The van der Waals surface area contributed by atoms with Gasteiger partial charge in [-0.3, -0.25) is 4.79 Å². The summed E-state index contributed by atoms with van der Waals surface area (Å²) in [5, 5.41) is 5.30. The van der Waals surface area contributed by atoms with Gasteiger partial charge in [-0.2, -0.15) is 0 Å². The van der Waals surface area contributed by atoms with E-state index in [0.717, 1.165) is 5.56 Å². The lowest BCUT2D eigenvalue weighted by molar-refractivity contribution is -0.119. The van der Waals surface area contributed by atoms with Crippen LogP contribution in [0.15, 0.2) is 48.5 Å². The number of nitrogens with one attached hydrogen (secondary N) is 2. The summed E-state index contributed by atoms with van der Waals surface area (Å²) in [5.74, 6) is -1.36. The number of rotatable bonds is 9. The fourth-order valence-corrected chi connectivity index (χ4v) is 2.67. The number of benzene rings is 2. The summed E-state index contributed by atoms with van der Waals surface area (Å²) >= 11 is 0. The minimum atomic E-state index is -0.788. The van der Waals surface area contributed by atoms with E-state index in [-0.39, 0.29) is 36.6 Å². The molecule has 172 valence electrons. The molecule has 1 amide bonds. The largest absolute Gasteiger partial charge is 0.456 e. The molecule has 0 unspecified atom stereocenters. The van der Waals surface area contributed by atoms with Crippen molar-refractivity contribution in [2.45, 2.75) is 52.5 Å². The lowest BCUT2D eigenvalue weighted by Gasteiger charge is -2.19. The number of hydrogen-bond donors (Lipinski definition) is 2. The van der Waals surface area contributed by atoms with Crippen LogP contribution in [-0.2, 0) is 27.4 Å². The van der Waals surface area contributed by atoms with E-state index in [1.165, 1.54) is 25.1 Å². The van der Waals surface area contributed by atoms with Crippen LogP contribution in [0.1, 0.15) is 49.2 Å². The monoisotopic (exact) mass is 444 g/mol. The maximum absolute atomic E-state index is 14.1. The molecule has 8 heteroatoms. The smallest absolute Gasteiger partial charge is 0.408 e. The normalized spacial score (nSPS) is 12.0. The van der Waals surface area contributed by atoms with E-state index in [2.05, 4.69) is 10.6 Å². The van der Waals surface area contributed by atoms with Crippen molar-refractivity contribution in [1.82, 2.24) is 10.6 Å². The summed E-state index contributed by atoms with van der Waals surface area (Å²) in [6.07, 6.45) is -0.703. The topological polar surface area (TPSA) is 93.7 Å². The first kappa shape index (κ1) is 25.0. The average molecular weight is 445 g/mol. The molecular formula is C24H29FN2O5. The predicted molar refractivity (Wildman–Crippen MR) is 118 cm³/mol. The fraction of sp³-hybridized carbons (Fsp3) is 0.375. The predicted octanol–water partition coefficient (Wildman–Crippen LogP) is 3.75. The molecule has 0 aliphatic rings. The van der Waals surface area contributed by atoms with E-state index in [9.17, 15) is 18.8 Å². The van der Waals surface area contributed by atoms with Crippen LogP contribution in [-0.4, -0.2) is 36.0 Å². The molecule has 0 bridgehead atoms. The Labute approximate surface area is 187 Å². The SMILES string of the molecule is C[C@H](NC(=O)OCc1ccccc1)C(=O)CNCc1cc(C(=O)OC(C)(C)C)ccc1F. The van der Waals surface area contributed by atoms with Crippen LogP contribution in [0.3, 0.4) is 0 Å². The van der Waals surface area contributed by atoms with Crippen molar-refractivity contribution in [2.75, 3.05) is 6.54 Å². The summed E-state index contributed by atoms with van der Waals surface area (Å²) in [5.41, 5.74) is 0.616. The zero-order chi connectivity index (χ0) is 23.7. The molecule has 2 N–H and O–H groups in total. The number of alkyl carbamates (subject to hydrolysis) is 1. The molecule has 0 saturated carbocycles. The Balaban J connectivity index is 1.80. The molecule has 2 aromatic carbocycles. The van der Waals surface area contributed by atoms with Crippen molar-refractivity contribution < 1.29 is 28.2 Å². The molecule has 7 nitrogen and oxygen atoms in total. The van der Waals surface area contributed by atoms with E-state index < -0.39 is 29.5 Å². The van der Waals surface area contributed by atoms with Crippen molar-refractivity contribution in [3.05, 3.63) is 71.0 Å². The highest BCUT2D eigenvalue weighted by molar-refractivity contribution is 5.90. The molecule has 0 saturated heterocycles. The van der Waals surface area contributed by atoms with Crippen LogP contribution in [0.2, 0.25) is 0 Å². The fourth-order valence-electron chi connectivity index (χ4n) is 2.67. The second-order valence-corrected chi connectivity index (χ2v) is 8.31. The molecule has 0 aromatic heterocycles. The molecule has 2 rings (SSSR count). The number of ketones is 1. The Morgan fingerprint density at radius 2 is 1.75 bits per heavy atom. The Morgan fingerprint density at radius 3 is 2.41 bits per heavy atom. The number of ether oxygens (including phenoxy) is 2. The van der Waals surface area contributed by atoms with Gasteiger partial charge >= 0.3 is 12.1 Å². The van der Waals surface area contributed by atoms with Gasteiger partial charge in [-0.05, 0) is 51.5 Å². The summed E-state index contributed by atoms with van der Waals surface area (Å²) in [4.78, 5) is 36.3. The number of carbonyl (C=O) groups excluding carboxylic acids is 3. The minimum Gasteiger partial charge on any atom is -0.456 e. The number of amides is 1. The van der Waals surface area contributed by atoms with Crippen molar-refractivity contribution >= 4 is 17.8 Å². The van der Waals surface area contributed by atoms with Crippen LogP contribution in [0.5, 0.6) is 0 Å². The molecule has 1 atom stereocenters. The van der Waals surface area contributed by atoms with Gasteiger partial charge in [0.1, 0.15) is 18.0 Å². The maximum Gasteiger partial charge on any atom is 0.408 e. The standard InChI is InChI=1S/C24H29FN2O5/c1-16(27-23(30)31-15-17-8-6-5-7-9-17)21(28)14-26-13-19-12-18(10-11-20(19)25)22(29)32-24(2,3)4/h5-12,16,26H,13-15H2,1-4H3,(H,27,30)/t16-/m0/s1. The van der Waals surface area contributed by atoms with Gasteiger partial charge in [0.25, 0.3) is 0 Å². The summed E-state index contributed by atoms with van der Waals surface area (Å²) in [6.45, 7) is 6.80. The van der Waals surface area contributed by atoms with Gasteiger partial charge in [-0.15, -0.1) is 0 Å². The first-order chi connectivity index (χ1) is 15.0. The Kier molecular flexibility index (Phi) is 8.90. The van der Waals surface area contributed by atoms with Gasteiger partial charge in [0.15, 0.2) is 5.78 Å². The highest BCUT2D eigenvalue weighted by Gasteiger charge is 2.19. The number of carbonyl (C=O) groups is 3. The van der Waals surface area contributed by atoms with Crippen molar-refractivity contribution in [3.8, 4) is 0 Å². The van der Waals surface area contributed by atoms with Gasteiger partial charge < -0.3 is 20.1 Å². The van der Waals surface area contributed by atoms with Gasteiger partial charge in [0.05, 0.1) is 18.2 Å². The molecular weight excluding hydrogens is 415 g/mol. The third-order valence-electron chi connectivity index (χ3n) is 4.33. The minimum absolute atomic E-state index is 0.0272. The molecule has 0 spiro atoms. The Hall–Kier alpha value is -3.26. The van der Waals surface area contributed by atoms with Crippen molar-refractivity contribution in [2.24, 2.45) is 0 Å². The van der Waals surface area contributed by atoms with E-state index in [0.29, 0.717) is 0 Å². The van der Waals surface area contributed by atoms with Crippen LogP contribution in [0.4, 0.5) is 9.18 Å². The number of hydrogen-bond acceptors (Lipinski definition) is 6. The van der Waals surface area contributed by atoms with E-state index >= 15 is 0 Å². The van der Waals surface area contributed by atoms with Crippen molar-refractivity contribution in [3.63, 3.8) is 0 Å². The summed E-state index contributed by atoms with van der Waals surface area (Å²) < 4.78 is 24.5. The summed E-state index contributed by atoms with van der Waals surface area (Å²) in [7, 11) is 0. The molecule has 0 aliphatic heterocycles. The van der Waals surface area contributed by atoms with Crippen LogP contribution >= 0.6 is 0 Å². The number of esters is 1. The summed E-state index contributed by atoms with van der Waals surface area (Å²) in [6, 6.07) is 12.3. The maximum atomic E-state index is 14.1. The third kappa shape index (κ3) is 8.47. The second-order valence-electron chi connectivity index (χ2n) is 8.31. The van der Waals surface area contributed by atoms with E-state index in [1.54, 1.807) is 20.8 Å². The quantitative estimate of drug-likeness (QED) is 0.572. The third-order valence-corrected chi connectivity index (χ3v) is 4.33. The van der Waals surface area contributed by atoms with Gasteiger partial charge in [0, 0.05) is 12.1 Å². The van der Waals surface area contributed by atoms with Crippen LogP contribution < -0.4 is 10.6 Å². The van der Waals surface area contributed by atoms with Crippen LogP contribution in [0.25, 0.3) is 0 Å². The lowest BCUT2D eigenvalue weighted by Crippen LogP contribution is -2.42. The highest BCUT2D eigenvalue weighted by atomic mass is 19.1. The lowest BCUT2D eigenvalue weighted by atomic mass is 10.1. The Morgan fingerprint density at radius 1 is 1.06 bits per heavy atom. The number of Topliss-reactive ketones (excluding diaryl/α,β-unsaturated/α-hetero) is 1.